The molecule has 0 amide bonds. The fraction of sp³-hybridized carbons (Fsp3) is 0.816. The van der Waals surface area contributed by atoms with Gasteiger partial charge in [0, 0.05) is 45.2 Å². The van der Waals surface area contributed by atoms with E-state index in [1.54, 1.807) is 0 Å². The monoisotopic (exact) mass is 633 g/mol. The van der Waals surface area contributed by atoms with Gasteiger partial charge >= 0.3 is 5.97 Å². The zero-order chi connectivity index (χ0) is 32.4. The van der Waals surface area contributed by atoms with E-state index in [4.69, 9.17) is 19.3 Å². The Kier molecular flexibility index (Phi) is 23.0. The van der Waals surface area contributed by atoms with Crippen molar-refractivity contribution in [1.29, 1.82) is 0 Å². The van der Waals surface area contributed by atoms with Crippen molar-refractivity contribution in [1.82, 2.24) is 9.80 Å². The molecule has 1 aliphatic heterocycles. The Labute approximate surface area is 276 Å². The second-order valence-electron chi connectivity index (χ2n) is 13.1. The van der Waals surface area contributed by atoms with E-state index < -0.39 is 0 Å². The molecule has 7 heteroatoms. The zero-order valence-electron chi connectivity index (χ0n) is 29.4. The van der Waals surface area contributed by atoms with E-state index in [1.807, 2.05) is 18.2 Å². The molecule has 7 nitrogen and oxygen atoms in total. The number of β-amino-alcohol motifs (C(OH)–C–C–N with tert-alkyl or cyclic N) is 1. The molecule has 0 spiro atoms. The summed E-state index contributed by atoms with van der Waals surface area (Å²) in [6.07, 6.45) is 20.4. The average molecular weight is 633 g/mol. The van der Waals surface area contributed by atoms with Gasteiger partial charge in [0.05, 0.1) is 19.8 Å². The Hall–Kier alpha value is -1.83. The molecule has 1 unspecified atom stereocenters. The molecule has 1 atom stereocenters. The van der Waals surface area contributed by atoms with Crippen molar-refractivity contribution in [2.24, 2.45) is 5.92 Å². The zero-order valence-corrected chi connectivity index (χ0v) is 29.4. The topological polar surface area (TPSA) is 71.5 Å². The maximum absolute atomic E-state index is 12.6. The number of aliphatic hydroxyl groups is 1. The summed E-state index contributed by atoms with van der Waals surface area (Å²) in [7, 11) is 0. The number of aliphatic hydroxyl groups excluding tert-OH is 1. The number of esters is 1. The first kappa shape index (κ1) is 39.3. The van der Waals surface area contributed by atoms with Gasteiger partial charge in [0.1, 0.15) is 18.1 Å². The van der Waals surface area contributed by atoms with Gasteiger partial charge in [0.15, 0.2) is 0 Å². The van der Waals surface area contributed by atoms with Crippen LogP contribution in [0.15, 0.2) is 18.2 Å². The first-order valence-corrected chi connectivity index (χ1v) is 18.7. The van der Waals surface area contributed by atoms with Crippen LogP contribution < -0.4 is 9.47 Å². The molecule has 260 valence electrons. The third kappa shape index (κ3) is 19.4. The molecule has 0 aliphatic carbocycles. The van der Waals surface area contributed by atoms with Crippen LogP contribution >= 0.6 is 0 Å². The molecule has 1 fully saturated rings. The van der Waals surface area contributed by atoms with E-state index in [2.05, 4.69) is 30.6 Å². The summed E-state index contributed by atoms with van der Waals surface area (Å²) >= 11 is 0. The number of rotatable bonds is 28. The quantitative estimate of drug-likeness (QED) is 0.0735. The van der Waals surface area contributed by atoms with Crippen molar-refractivity contribution in [3.63, 3.8) is 0 Å². The lowest BCUT2D eigenvalue weighted by Crippen LogP contribution is -2.47. The highest BCUT2D eigenvalue weighted by Gasteiger charge is 2.16. The summed E-state index contributed by atoms with van der Waals surface area (Å²) in [5.41, 5.74) is 0.913. The molecule has 1 aliphatic rings. The number of hydrogen-bond acceptors (Lipinski definition) is 7. The molecule has 1 saturated heterocycles. The minimum absolute atomic E-state index is 0.158. The predicted octanol–water partition coefficient (Wildman–Crippen LogP) is 8.40. The van der Waals surface area contributed by atoms with E-state index >= 15 is 0 Å². The molecule has 1 N–H and O–H groups in total. The van der Waals surface area contributed by atoms with Gasteiger partial charge in [-0.3, -0.25) is 9.69 Å². The average Bonchev–Trinajstić information content (AvgIpc) is 3.05. The minimum Gasteiger partial charge on any atom is -0.493 e. The Balaban J connectivity index is 1.76. The lowest BCUT2D eigenvalue weighted by molar-refractivity contribution is -0.145. The van der Waals surface area contributed by atoms with Crippen LogP contribution in [0.25, 0.3) is 0 Å². The summed E-state index contributed by atoms with van der Waals surface area (Å²) < 4.78 is 18.1. The fourth-order valence-electron chi connectivity index (χ4n) is 6.01. The molecule has 0 saturated carbocycles. The van der Waals surface area contributed by atoms with Crippen LogP contribution in [0.4, 0.5) is 0 Å². The third-order valence-corrected chi connectivity index (χ3v) is 9.12. The van der Waals surface area contributed by atoms with E-state index in [1.165, 1.54) is 83.5 Å². The maximum atomic E-state index is 12.6. The van der Waals surface area contributed by atoms with Crippen LogP contribution in [-0.4, -0.2) is 80.0 Å². The number of benzene rings is 1. The molecule has 0 aromatic heterocycles. The summed E-state index contributed by atoms with van der Waals surface area (Å²) in [6, 6.07) is 6.00. The summed E-state index contributed by atoms with van der Waals surface area (Å²) in [6.45, 7) is 14.2. The van der Waals surface area contributed by atoms with Gasteiger partial charge in [0.25, 0.3) is 0 Å². The van der Waals surface area contributed by atoms with E-state index in [-0.39, 0.29) is 19.2 Å². The van der Waals surface area contributed by atoms with Crippen LogP contribution in [-0.2, 0) is 16.1 Å². The smallest absolute Gasteiger partial charge is 0.306 e. The van der Waals surface area contributed by atoms with Gasteiger partial charge in [-0.05, 0) is 49.4 Å². The van der Waals surface area contributed by atoms with E-state index in [9.17, 15) is 4.79 Å². The normalized spacial score (nSPS) is 14.8. The second kappa shape index (κ2) is 26.3. The van der Waals surface area contributed by atoms with Crippen molar-refractivity contribution >= 4 is 5.97 Å². The van der Waals surface area contributed by atoms with Gasteiger partial charge in [-0.1, -0.05) is 104 Å². The second-order valence-corrected chi connectivity index (χ2v) is 13.1. The molecule has 1 heterocycles. The van der Waals surface area contributed by atoms with Crippen LogP contribution in [0, 0.1) is 5.92 Å². The Morgan fingerprint density at radius 2 is 1.31 bits per heavy atom. The van der Waals surface area contributed by atoms with Gasteiger partial charge in [0.2, 0.25) is 0 Å². The number of carbonyl (C=O) groups is 1. The van der Waals surface area contributed by atoms with E-state index in [0.717, 1.165) is 75.6 Å². The summed E-state index contributed by atoms with van der Waals surface area (Å²) in [4.78, 5) is 17.3. The third-order valence-electron chi connectivity index (χ3n) is 9.12. The minimum atomic E-state index is -0.158. The van der Waals surface area contributed by atoms with Crippen LogP contribution in [0.5, 0.6) is 11.5 Å². The fourth-order valence-corrected chi connectivity index (χ4v) is 6.01. The highest BCUT2D eigenvalue weighted by molar-refractivity contribution is 5.69. The summed E-state index contributed by atoms with van der Waals surface area (Å²) in [5, 5.41) is 9.13. The SMILES string of the molecule is CCCCCCCCCCCCCOc1cc(COC(=O)CCCN2CCN(CCO)CC2)cc(OCC(CC)CCCC)c1. The van der Waals surface area contributed by atoms with Gasteiger partial charge in [-0.25, -0.2) is 0 Å². The van der Waals surface area contributed by atoms with Crippen molar-refractivity contribution in [3.8, 4) is 11.5 Å². The van der Waals surface area contributed by atoms with Crippen LogP contribution in [0.3, 0.4) is 0 Å². The standard InChI is InChI=1S/C38H68N2O5/c1-4-7-9-10-11-12-13-14-15-16-17-28-43-36-29-35(30-37(31-36)44-32-34(6-3)19-8-5-2)33-45-38(42)20-18-21-39-22-24-40(25-23-39)26-27-41/h29-31,34,41H,4-28,32-33H2,1-3H3. The van der Waals surface area contributed by atoms with Crippen molar-refractivity contribution < 1.29 is 24.1 Å². The Morgan fingerprint density at radius 3 is 1.91 bits per heavy atom. The predicted molar refractivity (Wildman–Crippen MR) is 186 cm³/mol. The van der Waals surface area contributed by atoms with Crippen molar-refractivity contribution in [2.45, 2.75) is 137 Å². The van der Waals surface area contributed by atoms with Crippen molar-refractivity contribution in [2.75, 3.05) is 59.1 Å². The molecular weight excluding hydrogens is 564 g/mol. The highest BCUT2D eigenvalue weighted by atomic mass is 16.5. The lowest BCUT2D eigenvalue weighted by atomic mass is 10.0. The molecule has 2 rings (SSSR count). The largest absolute Gasteiger partial charge is 0.493 e. The lowest BCUT2D eigenvalue weighted by Gasteiger charge is -2.34. The number of ether oxygens (including phenoxy) is 3. The number of unbranched alkanes of at least 4 members (excludes halogenated alkanes) is 11. The number of hydrogen-bond donors (Lipinski definition) is 1. The Morgan fingerprint density at radius 1 is 0.733 bits per heavy atom. The molecule has 1 aromatic rings. The first-order valence-electron chi connectivity index (χ1n) is 18.7. The summed E-state index contributed by atoms with van der Waals surface area (Å²) in [5.74, 6) is 1.99. The van der Waals surface area contributed by atoms with E-state index in [0.29, 0.717) is 25.6 Å². The number of carbonyl (C=O) groups excluding carboxylic acids is 1. The van der Waals surface area contributed by atoms with Crippen LogP contribution in [0.2, 0.25) is 0 Å². The highest BCUT2D eigenvalue weighted by Crippen LogP contribution is 2.26. The van der Waals surface area contributed by atoms with Gasteiger partial charge in [-0.2, -0.15) is 0 Å². The van der Waals surface area contributed by atoms with Gasteiger partial charge in [-0.15, -0.1) is 0 Å². The Bertz CT molecular complexity index is 859. The van der Waals surface area contributed by atoms with Gasteiger partial charge < -0.3 is 24.2 Å². The molecule has 45 heavy (non-hydrogen) atoms. The maximum Gasteiger partial charge on any atom is 0.306 e. The number of nitrogens with zero attached hydrogens (tertiary/aromatic N) is 2. The molecule has 0 radical (unpaired) electrons. The van der Waals surface area contributed by atoms with Crippen molar-refractivity contribution in [3.05, 3.63) is 23.8 Å². The molecular formula is C38H68N2O5. The van der Waals surface area contributed by atoms with Crippen LogP contribution in [0.1, 0.15) is 135 Å². The molecule has 0 bridgehead atoms. The first-order chi connectivity index (χ1) is 22.1. The number of piperazine rings is 1. The molecule has 1 aromatic carbocycles.